The van der Waals surface area contributed by atoms with Crippen molar-refractivity contribution in [3.05, 3.63) is 53.0 Å². The van der Waals surface area contributed by atoms with Crippen molar-refractivity contribution in [3.8, 4) is 0 Å². The monoisotopic (exact) mass is 476 g/mol. The number of hydrogen-bond acceptors (Lipinski definition) is 5. The maximum absolute atomic E-state index is 13.1. The third-order valence-electron chi connectivity index (χ3n) is 4.61. The Labute approximate surface area is 181 Å². The number of rotatable bonds is 7. The van der Waals surface area contributed by atoms with Crippen LogP contribution in [-0.2, 0) is 9.53 Å². The highest BCUT2D eigenvalue weighted by atomic mass is 79.9. The quantitative estimate of drug-likeness (QED) is 0.406. The Hall–Kier alpha value is -1.41. The van der Waals surface area contributed by atoms with Crippen LogP contribution < -0.4 is 4.90 Å². The fraction of sp³-hybridized carbons (Fsp3) is 0.333. The van der Waals surface area contributed by atoms with Crippen LogP contribution in [0.2, 0.25) is 0 Å². The van der Waals surface area contributed by atoms with Crippen molar-refractivity contribution in [1.29, 1.82) is 0 Å². The minimum absolute atomic E-state index is 0.101. The number of aromatic nitrogens is 1. The lowest BCUT2D eigenvalue weighted by atomic mass is 10.2. The first-order valence-electron chi connectivity index (χ1n) is 9.35. The molecule has 4 nitrogen and oxygen atoms in total. The minimum Gasteiger partial charge on any atom is -0.376 e. The van der Waals surface area contributed by atoms with Crippen LogP contribution in [0.4, 0.5) is 5.13 Å². The van der Waals surface area contributed by atoms with Crippen LogP contribution in [-0.4, -0.2) is 35.9 Å². The van der Waals surface area contributed by atoms with E-state index in [1.807, 2.05) is 35.2 Å². The van der Waals surface area contributed by atoms with Crippen molar-refractivity contribution in [2.45, 2.75) is 30.3 Å². The second kappa shape index (κ2) is 9.39. The zero-order valence-electron chi connectivity index (χ0n) is 15.3. The molecule has 1 atom stereocenters. The predicted octanol–water partition coefficient (Wildman–Crippen LogP) is 5.75. The van der Waals surface area contributed by atoms with E-state index in [2.05, 4.69) is 34.1 Å². The number of carbonyl (C=O) groups excluding carboxylic acids is 1. The number of nitrogens with zero attached hydrogens (tertiary/aromatic N) is 2. The molecule has 1 aliphatic rings. The van der Waals surface area contributed by atoms with E-state index in [4.69, 9.17) is 9.72 Å². The molecule has 1 saturated heterocycles. The highest BCUT2D eigenvalue weighted by Gasteiger charge is 2.26. The lowest BCUT2D eigenvalue weighted by Gasteiger charge is -2.23. The van der Waals surface area contributed by atoms with Gasteiger partial charge in [0.1, 0.15) is 0 Å². The highest BCUT2D eigenvalue weighted by molar-refractivity contribution is 9.10. The largest absolute Gasteiger partial charge is 0.376 e. The highest BCUT2D eigenvalue weighted by Crippen LogP contribution is 2.32. The Morgan fingerprint density at radius 2 is 2.14 bits per heavy atom. The predicted molar refractivity (Wildman–Crippen MR) is 120 cm³/mol. The molecule has 2 aromatic carbocycles. The van der Waals surface area contributed by atoms with Gasteiger partial charge in [0, 0.05) is 28.1 Å². The summed E-state index contributed by atoms with van der Waals surface area (Å²) in [5.74, 6) is 0.860. The van der Waals surface area contributed by atoms with E-state index in [1.165, 1.54) is 4.90 Å². The molecule has 1 aromatic heterocycles. The van der Waals surface area contributed by atoms with Crippen molar-refractivity contribution in [2.24, 2.45) is 0 Å². The molecule has 3 aromatic rings. The van der Waals surface area contributed by atoms with Gasteiger partial charge in [0.05, 0.1) is 22.9 Å². The number of thiazole rings is 1. The molecule has 28 heavy (non-hydrogen) atoms. The average Bonchev–Trinajstić information content (AvgIpc) is 3.36. The third-order valence-corrected chi connectivity index (χ3v) is 7.16. The standard InChI is InChI=1S/C21H21BrN2O2S2/c22-15-8-9-18-19(13-15)28-21(23-18)24(14-16-5-4-11-26-16)20(25)10-12-27-17-6-2-1-3-7-17/h1-3,6-9,13,16H,4-5,10-12,14H2. The van der Waals surface area contributed by atoms with Gasteiger partial charge in [-0.05, 0) is 43.2 Å². The molecule has 7 heteroatoms. The van der Waals surface area contributed by atoms with Crippen LogP contribution in [0, 0.1) is 0 Å². The minimum atomic E-state index is 0.101. The molecule has 146 valence electrons. The molecule has 1 fully saturated rings. The molecule has 0 N–H and O–H groups in total. The fourth-order valence-corrected chi connectivity index (χ4v) is 5.59. The lowest BCUT2D eigenvalue weighted by molar-refractivity contribution is -0.118. The number of thioether (sulfide) groups is 1. The summed E-state index contributed by atoms with van der Waals surface area (Å²) in [6.07, 6.45) is 2.64. The van der Waals surface area contributed by atoms with Crippen molar-refractivity contribution in [2.75, 3.05) is 23.8 Å². The average molecular weight is 477 g/mol. The number of benzene rings is 2. The summed E-state index contributed by atoms with van der Waals surface area (Å²) >= 11 is 6.78. The van der Waals surface area contributed by atoms with Gasteiger partial charge >= 0.3 is 0 Å². The summed E-state index contributed by atoms with van der Waals surface area (Å²) in [6.45, 7) is 1.36. The topological polar surface area (TPSA) is 42.4 Å². The number of fused-ring (bicyclic) bond motifs is 1. The molecular formula is C21H21BrN2O2S2. The first-order chi connectivity index (χ1) is 13.7. The molecular weight excluding hydrogens is 456 g/mol. The van der Waals surface area contributed by atoms with E-state index in [-0.39, 0.29) is 12.0 Å². The molecule has 2 heterocycles. The number of carbonyl (C=O) groups is 1. The van der Waals surface area contributed by atoms with E-state index >= 15 is 0 Å². The Morgan fingerprint density at radius 1 is 1.29 bits per heavy atom. The number of halogens is 1. The van der Waals surface area contributed by atoms with Crippen LogP contribution in [0.15, 0.2) is 57.9 Å². The second-order valence-corrected chi connectivity index (χ2v) is 9.75. The molecule has 0 saturated carbocycles. The van der Waals surface area contributed by atoms with Gasteiger partial charge in [-0.15, -0.1) is 11.8 Å². The molecule has 1 unspecified atom stereocenters. The van der Waals surface area contributed by atoms with Crippen molar-refractivity contribution in [1.82, 2.24) is 4.98 Å². The van der Waals surface area contributed by atoms with Gasteiger partial charge in [-0.2, -0.15) is 0 Å². The van der Waals surface area contributed by atoms with Gasteiger partial charge in [-0.3, -0.25) is 9.69 Å². The van der Waals surface area contributed by atoms with Crippen molar-refractivity contribution >= 4 is 60.3 Å². The summed E-state index contributed by atoms with van der Waals surface area (Å²) in [4.78, 5) is 20.8. The maximum Gasteiger partial charge on any atom is 0.229 e. The van der Waals surface area contributed by atoms with Crippen LogP contribution in [0.1, 0.15) is 19.3 Å². The van der Waals surface area contributed by atoms with E-state index in [1.54, 1.807) is 23.1 Å². The van der Waals surface area contributed by atoms with Gasteiger partial charge in [0.25, 0.3) is 0 Å². The maximum atomic E-state index is 13.1. The third kappa shape index (κ3) is 4.95. The van der Waals surface area contributed by atoms with Crippen LogP contribution in [0.5, 0.6) is 0 Å². The SMILES string of the molecule is O=C(CCSc1ccccc1)N(CC1CCCO1)c1nc2ccc(Br)cc2s1. The molecule has 0 radical (unpaired) electrons. The Kier molecular flexibility index (Phi) is 6.67. The molecule has 1 amide bonds. The van der Waals surface area contributed by atoms with E-state index in [0.717, 1.165) is 45.0 Å². The summed E-state index contributed by atoms with van der Waals surface area (Å²) in [5.41, 5.74) is 0.923. The normalized spacial score (nSPS) is 16.5. The Balaban J connectivity index is 1.49. The van der Waals surface area contributed by atoms with E-state index in [0.29, 0.717) is 13.0 Å². The van der Waals surface area contributed by atoms with Crippen LogP contribution in [0.25, 0.3) is 10.2 Å². The number of ether oxygens (including phenoxy) is 1. The van der Waals surface area contributed by atoms with Crippen molar-refractivity contribution in [3.63, 3.8) is 0 Å². The van der Waals surface area contributed by atoms with Gasteiger partial charge < -0.3 is 4.74 Å². The van der Waals surface area contributed by atoms with Gasteiger partial charge in [-0.25, -0.2) is 4.98 Å². The van der Waals surface area contributed by atoms with Gasteiger partial charge in [0.2, 0.25) is 5.91 Å². The summed E-state index contributed by atoms with van der Waals surface area (Å²) in [6, 6.07) is 16.2. The summed E-state index contributed by atoms with van der Waals surface area (Å²) in [5, 5.41) is 0.762. The second-order valence-electron chi connectivity index (χ2n) is 6.66. The lowest BCUT2D eigenvalue weighted by Crippen LogP contribution is -2.37. The van der Waals surface area contributed by atoms with Crippen LogP contribution >= 0.6 is 39.0 Å². The molecule has 4 rings (SSSR count). The van der Waals surface area contributed by atoms with Crippen molar-refractivity contribution < 1.29 is 9.53 Å². The molecule has 1 aliphatic heterocycles. The summed E-state index contributed by atoms with van der Waals surface area (Å²) in [7, 11) is 0. The summed E-state index contributed by atoms with van der Waals surface area (Å²) < 4.78 is 7.89. The molecule has 0 spiro atoms. The Bertz CT molecular complexity index is 942. The number of anilines is 1. The van der Waals surface area contributed by atoms with Gasteiger partial charge in [-0.1, -0.05) is 45.5 Å². The zero-order chi connectivity index (χ0) is 19.3. The number of hydrogen-bond donors (Lipinski definition) is 0. The first-order valence-corrected chi connectivity index (χ1v) is 11.9. The fourth-order valence-electron chi connectivity index (χ4n) is 3.19. The first kappa shape index (κ1) is 19.9. The molecule has 0 bridgehead atoms. The smallest absolute Gasteiger partial charge is 0.229 e. The Morgan fingerprint density at radius 3 is 2.93 bits per heavy atom. The zero-order valence-corrected chi connectivity index (χ0v) is 18.6. The number of amides is 1. The van der Waals surface area contributed by atoms with E-state index in [9.17, 15) is 4.79 Å². The molecule has 0 aliphatic carbocycles. The van der Waals surface area contributed by atoms with Gasteiger partial charge in [0.15, 0.2) is 5.13 Å². The van der Waals surface area contributed by atoms with E-state index < -0.39 is 0 Å². The van der Waals surface area contributed by atoms with Crippen LogP contribution in [0.3, 0.4) is 0 Å².